The first kappa shape index (κ1) is 56.5. The number of carbonyl (C=O) groups excluding carboxylic acids is 3. The van der Waals surface area contributed by atoms with Crippen LogP contribution in [0.5, 0.6) is 0 Å². The predicted octanol–water partition coefficient (Wildman–Crippen LogP) is 11.3. The summed E-state index contributed by atoms with van der Waals surface area (Å²) in [6, 6.07) is 13.4. The quantitative estimate of drug-likeness (QED) is 0.100. The van der Waals surface area contributed by atoms with Crippen LogP contribution in [0.3, 0.4) is 0 Å². The number of nitrogens with one attached hydrogen (secondary N) is 1. The second kappa shape index (κ2) is 19.0. The molecule has 16 fully saturated rings. The van der Waals surface area contributed by atoms with Crippen molar-refractivity contribution >= 4 is 17.7 Å². The van der Waals surface area contributed by atoms with Crippen LogP contribution >= 0.6 is 0 Å². The number of hydrogen-bond donors (Lipinski definition) is 4. The van der Waals surface area contributed by atoms with Crippen molar-refractivity contribution in [3.05, 3.63) is 83.5 Å². The zero-order chi connectivity index (χ0) is 60.3. The number of ketones is 1. The molecule has 0 amide bonds. The van der Waals surface area contributed by atoms with Gasteiger partial charge in [-0.15, -0.1) is 0 Å². The second-order valence-electron chi connectivity index (χ2n) is 34.7. The van der Waals surface area contributed by atoms with Gasteiger partial charge in [0.2, 0.25) is 0 Å². The Morgan fingerprint density at radius 1 is 0.800 bits per heavy atom. The van der Waals surface area contributed by atoms with Crippen LogP contribution in [0.25, 0.3) is 0 Å². The number of carbonyl (C=O) groups is 3. The van der Waals surface area contributed by atoms with E-state index in [1.165, 1.54) is 43.2 Å². The molecule has 13 nitrogen and oxygen atoms in total. The Bertz CT molecular complexity index is 3390. The highest BCUT2D eigenvalue weighted by Crippen LogP contribution is 2.94. The average Bonchev–Trinajstić information content (AvgIpc) is 1.41. The number of rotatable bonds is 10. The molecule has 4 N–H and O–H groups in total. The Morgan fingerprint density at radius 3 is 2.49 bits per heavy atom. The van der Waals surface area contributed by atoms with Gasteiger partial charge in [0.25, 0.3) is 0 Å². The third-order valence-electron chi connectivity index (χ3n) is 33.0. The molecule has 7 aliphatic heterocycles. The molecule has 8 heterocycles. The van der Waals surface area contributed by atoms with Crippen LogP contribution < -0.4 is 5.32 Å². The summed E-state index contributed by atoms with van der Waals surface area (Å²) in [5.74, 6) is -0.124. The summed E-state index contributed by atoms with van der Waals surface area (Å²) < 4.78 is 38.0. The second-order valence-corrected chi connectivity index (χ2v) is 34.7. The lowest BCUT2D eigenvalue weighted by Crippen LogP contribution is -2.82. The number of hydrogen-bond acceptors (Lipinski definition) is 13. The Labute approximate surface area is 531 Å². The van der Waals surface area contributed by atoms with Crippen LogP contribution in [0.1, 0.15) is 190 Å². The van der Waals surface area contributed by atoms with E-state index >= 15 is 19.5 Å². The van der Waals surface area contributed by atoms with Crippen molar-refractivity contribution in [2.24, 2.45) is 115 Å². The zero-order valence-corrected chi connectivity index (χ0v) is 53.2. The van der Waals surface area contributed by atoms with E-state index in [9.17, 15) is 10.2 Å². The molecule has 5 saturated heterocycles. The molecular formula is C77H98N2O11. The zero-order valence-electron chi connectivity index (χ0n) is 53.2. The van der Waals surface area contributed by atoms with Crippen molar-refractivity contribution in [2.45, 2.75) is 228 Å². The summed E-state index contributed by atoms with van der Waals surface area (Å²) in [4.78, 5) is 53.0. The van der Waals surface area contributed by atoms with Gasteiger partial charge in [-0.2, -0.15) is 0 Å². The number of ether oxygens (including phenoxy) is 4. The third-order valence-corrected chi connectivity index (χ3v) is 33.0. The Kier molecular flexibility index (Phi) is 11.9. The minimum absolute atomic E-state index is 0.0595. The summed E-state index contributed by atoms with van der Waals surface area (Å²) >= 11 is 0. The van der Waals surface area contributed by atoms with Crippen LogP contribution in [-0.2, 0) is 46.2 Å². The van der Waals surface area contributed by atoms with E-state index in [1.54, 1.807) is 6.26 Å². The predicted molar refractivity (Wildman–Crippen MR) is 331 cm³/mol. The van der Waals surface area contributed by atoms with Gasteiger partial charge in [-0.3, -0.25) is 14.9 Å². The van der Waals surface area contributed by atoms with Gasteiger partial charge < -0.3 is 43.6 Å². The normalized spacial score (nSPS) is 52.2. The summed E-state index contributed by atoms with van der Waals surface area (Å²) in [6.07, 6.45) is 31.4. The Balaban J connectivity index is 0.813. The van der Waals surface area contributed by atoms with Gasteiger partial charge in [-0.25, -0.2) is 4.79 Å². The number of Topliss-reactive ketones (excluding diaryl/α,β-unsaturated/α-hetero) is 1. The molecule has 1 aromatic heterocycles. The summed E-state index contributed by atoms with van der Waals surface area (Å²) in [7, 11) is 0. The maximum Gasteiger partial charge on any atom is 0.339 e. The Morgan fingerprint density at radius 2 is 1.64 bits per heavy atom. The lowest BCUT2D eigenvalue weighted by Gasteiger charge is -2.73. The molecule has 26 atom stereocenters. The first-order valence-electron chi connectivity index (χ1n) is 37.0. The van der Waals surface area contributed by atoms with E-state index in [1.807, 2.05) is 6.07 Å². The number of benzene rings is 1. The van der Waals surface area contributed by atoms with Crippen LogP contribution in [-0.4, -0.2) is 106 Å². The highest BCUT2D eigenvalue weighted by Gasteiger charge is 3.00. The number of allylic oxidation sites excluding steroid dienone is 1. The number of fused-ring (bicyclic) bond motifs is 7. The number of esters is 2. The van der Waals surface area contributed by atoms with Gasteiger partial charge in [0, 0.05) is 35.4 Å². The van der Waals surface area contributed by atoms with Crippen molar-refractivity contribution in [2.75, 3.05) is 26.4 Å². The molecule has 18 aliphatic rings. The van der Waals surface area contributed by atoms with Crippen molar-refractivity contribution in [1.82, 2.24) is 10.2 Å². The average molecular weight is 1230 g/mol. The molecular weight excluding hydrogens is 1130 g/mol. The van der Waals surface area contributed by atoms with E-state index in [-0.39, 0.29) is 89.1 Å². The third kappa shape index (κ3) is 6.33. The smallest absolute Gasteiger partial charge is 0.339 e. The number of furan rings is 1. The fourth-order valence-corrected chi connectivity index (χ4v) is 30.9. The van der Waals surface area contributed by atoms with Crippen LogP contribution in [0, 0.1) is 115 Å². The monoisotopic (exact) mass is 1230 g/mol. The van der Waals surface area contributed by atoms with E-state index in [4.69, 9.17) is 23.4 Å². The fourth-order valence-electron chi connectivity index (χ4n) is 30.9. The minimum atomic E-state index is -1.48. The maximum atomic E-state index is 17.8. The topological polar surface area (TPSA) is 181 Å². The molecule has 6 spiro atoms. The molecule has 26 unspecified atom stereocenters. The van der Waals surface area contributed by atoms with Crippen LogP contribution in [0.15, 0.2) is 71.0 Å². The first-order chi connectivity index (χ1) is 43.8. The number of cyclic esters (lactones) is 2. The standard InChI is InChI=1S/C77H98N2O11/c1-69-38-54-55-19-20-59-70(25-8-9-26-70)29-30-71(59)27-21-49-36-50-22-28-73(47-14-6-3-7-15-47)62-60(82)64(83)75(48-16-10-13-44(34-48)33-43-11-4-2-5-12-43,61(54)72(62)41-87-67(84)63(74(49,55)71)76(50,72)90-73)77(69)66(89-77)68(85)88-65(69)52-24-32-86-58(52)37-53(57(81)40-80)45-17-18-51-46(35-45)23-31-79-42-78-39-56(51)79/h2,4-5,11-12,22-24,31-32,44-49,51,53-57,59,61-66,78,80-81,83H,3,6-10,13-21,25-30,33-42H2,1H3. The van der Waals surface area contributed by atoms with Crippen LogP contribution in [0.4, 0.5) is 0 Å². The van der Waals surface area contributed by atoms with Gasteiger partial charge in [0.05, 0.1) is 48.5 Å². The number of aliphatic hydroxyl groups is 3. The highest BCUT2D eigenvalue weighted by atomic mass is 16.7. The Hall–Kier alpha value is -3.85. The first-order valence-corrected chi connectivity index (χ1v) is 37.0. The van der Waals surface area contributed by atoms with Gasteiger partial charge in [-0.05, 0) is 233 Å². The fraction of sp³-hybridized carbons (Fsp3) is 0.779. The minimum Gasteiger partial charge on any atom is -0.469 e. The van der Waals surface area contributed by atoms with Crippen LogP contribution in [0.2, 0.25) is 0 Å². The number of aliphatic hydroxyl groups excluding tert-OH is 3. The van der Waals surface area contributed by atoms with Gasteiger partial charge in [0.1, 0.15) is 35.8 Å². The number of epoxide rings is 1. The van der Waals surface area contributed by atoms with Crippen molar-refractivity contribution in [3.8, 4) is 0 Å². The molecule has 13 heteroatoms. The molecule has 2 aromatic rings. The van der Waals surface area contributed by atoms with Crippen molar-refractivity contribution in [1.29, 1.82) is 0 Å². The van der Waals surface area contributed by atoms with E-state index in [2.05, 4.69) is 65.8 Å². The van der Waals surface area contributed by atoms with E-state index in [0.29, 0.717) is 48.8 Å². The van der Waals surface area contributed by atoms with Gasteiger partial charge in [-0.1, -0.05) is 94.4 Å². The van der Waals surface area contributed by atoms with Gasteiger partial charge in [0.15, 0.2) is 11.9 Å². The SMILES string of the molecule is CC12CC3C4CCC5C6(CCCC6)CCC56CCC5CC7=CCC8(C9CCCCC9)OC79C(C(=O)OCC97C8C(=O)C(O)C(C8CCCC(Cc9ccccc9)C8)(C37)C13OC3C(=O)OC2c1ccoc1CC(C(O)CO)C1CCC2C(C=CN3CNCC23)C1)C546. The lowest BCUT2D eigenvalue weighted by atomic mass is 9.29. The lowest BCUT2D eigenvalue weighted by molar-refractivity contribution is -0.302. The molecule has 20 rings (SSSR count). The van der Waals surface area contributed by atoms with Gasteiger partial charge >= 0.3 is 11.9 Å². The molecule has 11 aliphatic carbocycles. The van der Waals surface area contributed by atoms with E-state index < -0.39 is 80.7 Å². The molecule has 0 radical (unpaired) electrons. The summed E-state index contributed by atoms with van der Waals surface area (Å²) in [5, 5.41) is 41.8. The molecule has 482 valence electrons. The summed E-state index contributed by atoms with van der Waals surface area (Å²) in [6.45, 7) is 3.94. The van der Waals surface area contributed by atoms with Crippen molar-refractivity contribution < 1.29 is 53.1 Å². The molecule has 11 saturated carbocycles. The maximum absolute atomic E-state index is 17.8. The van der Waals surface area contributed by atoms with Crippen molar-refractivity contribution in [3.63, 3.8) is 0 Å². The summed E-state index contributed by atoms with van der Waals surface area (Å²) in [5.41, 5.74) is -3.67. The highest BCUT2D eigenvalue weighted by molar-refractivity contribution is 5.94. The molecule has 5 bridgehead atoms. The molecule has 90 heavy (non-hydrogen) atoms. The number of nitrogens with zero attached hydrogens (tertiary/aromatic N) is 1. The largest absolute Gasteiger partial charge is 0.469 e. The molecule has 1 aromatic carbocycles. The van der Waals surface area contributed by atoms with E-state index in [0.717, 1.165) is 141 Å².